The van der Waals surface area contributed by atoms with E-state index >= 15 is 0 Å². The summed E-state index contributed by atoms with van der Waals surface area (Å²) < 4.78 is 5.71. The molecule has 2 rings (SSSR count). The lowest BCUT2D eigenvalue weighted by Gasteiger charge is -2.21. The number of para-hydroxylation sites is 1. The molecule has 2 aromatic rings. The topological polar surface area (TPSA) is 41.6 Å². The molecule has 138 valence electrons. The van der Waals surface area contributed by atoms with E-state index in [1.807, 2.05) is 48.5 Å². The number of carbonyl (C=O) groups excluding carboxylic acids is 1. The first-order valence-corrected chi connectivity index (χ1v) is 9.23. The average molecular weight is 352 g/mol. The monoisotopic (exact) mass is 352 g/mol. The molecule has 0 saturated heterocycles. The molecule has 1 N–H and O–H groups in total. The number of hydrogen-bond donors (Lipinski definition) is 1. The van der Waals surface area contributed by atoms with E-state index in [9.17, 15) is 4.79 Å². The largest absolute Gasteiger partial charge is 0.493 e. The van der Waals surface area contributed by atoms with Gasteiger partial charge in [-0.2, -0.15) is 0 Å². The van der Waals surface area contributed by atoms with Crippen LogP contribution in [0.1, 0.15) is 32.8 Å². The zero-order chi connectivity index (χ0) is 18.8. The van der Waals surface area contributed by atoms with Crippen molar-refractivity contribution < 1.29 is 9.53 Å². The van der Waals surface area contributed by atoms with Crippen LogP contribution >= 0.6 is 0 Å². The number of carbonyl (C=O) groups is 1. The molecule has 0 heterocycles. The fraction of sp³-hybridized carbons (Fsp3) is 0.318. The molecular weight excluding hydrogens is 324 g/mol. The summed E-state index contributed by atoms with van der Waals surface area (Å²) in [4.78, 5) is 14.5. The Balaban J connectivity index is 1.99. The fourth-order valence-electron chi connectivity index (χ4n) is 2.66. The van der Waals surface area contributed by atoms with Crippen LogP contribution in [0.4, 0.5) is 11.4 Å². The number of nitrogens with zero attached hydrogens (tertiary/aromatic N) is 1. The Hall–Kier alpha value is -2.75. The van der Waals surface area contributed by atoms with E-state index in [-0.39, 0.29) is 5.91 Å². The molecule has 0 unspecified atom stereocenters. The Labute approximate surface area is 156 Å². The standard InChI is InChI=1S/C22H28N2O2/c1-4-17-26-21-10-8-7-9-18(21)11-16-22(25)23-19-12-14-20(15-13-19)24(5-2)6-3/h7-16H,4-6,17H2,1-3H3,(H,23,25)/b16-11+. The summed E-state index contributed by atoms with van der Waals surface area (Å²) in [6.07, 6.45) is 4.26. The van der Waals surface area contributed by atoms with Gasteiger partial charge < -0.3 is 15.0 Å². The van der Waals surface area contributed by atoms with Crippen molar-refractivity contribution in [2.75, 3.05) is 29.9 Å². The van der Waals surface area contributed by atoms with Crippen molar-refractivity contribution in [2.45, 2.75) is 27.2 Å². The normalized spacial score (nSPS) is 10.7. The molecule has 0 spiro atoms. The van der Waals surface area contributed by atoms with Crippen molar-refractivity contribution >= 4 is 23.4 Å². The molecule has 1 amide bonds. The lowest BCUT2D eigenvalue weighted by molar-refractivity contribution is -0.111. The van der Waals surface area contributed by atoms with Crippen LogP contribution in [0.3, 0.4) is 0 Å². The van der Waals surface area contributed by atoms with Gasteiger partial charge in [-0.15, -0.1) is 0 Å². The summed E-state index contributed by atoms with van der Waals surface area (Å²) >= 11 is 0. The molecule has 0 aliphatic heterocycles. The number of rotatable bonds is 9. The van der Waals surface area contributed by atoms with E-state index in [0.717, 1.165) is 42.2 Å². The Morgan fingerprint density at radius 2 is 1.73 bits per heavy atom. The molecule has 4 nitrogen and oxygen atoms in total. The summed E-state index contributed by atoms with van der Waals surface area (Å²) in [7, 11) is 0. The highest BCUT2D eigenvalue weighted by Crippen LogP contribution is 2.20. The first-order valence-electron chi connectivity index (χ1n) is 9.23. The Bertz CT molecular complexity index is 719. The number of amides is 1. The Morgan fingerprint density at radius 1 is 1.04 bits per heavy atom. The number of nitrogens with one attached hydrogen (secondary N) is 1. The van der Waals surface area contributed by atoms with Crippen LogP contribution in [-0.2, 0) is 4.79 Å². The number of anilines is 2. The zero-order valence-electron chi connectivity index (χ0n) is 15.9. The third-order valence-electron chi connectivity index (χ3n) is 4.06. The van der Waals surface area contributed by atoms with Gasteiger partial charge in [-0.05, 0) is 56.7 Å². The predicted molar refractivity (Wildman–Crippen MR) is 110 cm³/mol. The van der Waals surface area contributed by atoms with Crippen LogP contribution < -0.4 is 15.0 Å². The summed E-state index contributed by atoms with van der Waals surface area (Å²) in [5.41, 5.74) is 2.84. The lowest BCUT2D eigenvalue weighted by Crippen LogP contribution is -2.21. The third-order valence-corrected chi connectivity index (χ3v) is 4.06. The molecule has 0 atom stereocenters. The second kappa shape index (κ2) is 10.3. The van der Waals surface area contributed by atoms with Crippen LogP contribution in [0.2, 0.25) is 0 Å². The quantitative estimate of drug-likeness (QED) is 0.648. The third kappa shape index (κ3) is 5.66. The van der Waals surface area contributed by atoms with Gasteiger partial charge in [0.1, 0.15) is 5.75 Å². The summed E-state index contributed by atoms with van der Waals surface area (Å²) in [5.74, 6) is 0.632. The number of ether oxygens (including phenoxy) is 1. The first kappa shape index (κ1) is 19.6. The maximum Gasteiger partial charge on any atom is 0.248 e. The molecule has 0 bridgehead atoms. The summed E-state index contributed by atoms with van der Waals surface area (Å²) in [6.45, 7) is 8.92. The zero-order valence-corrected chi connectivity index (χ0v) is 15.9. The van der Waals surface area contributed by atoms with E-state index in [0.29, 0.717) is 6.61 Å². The summed E-state index contributed by atoms with van der Waals surface area (Å²) in [6, 6.07) is 15.6. The second-order valence-electron chi connectivity index (χ2n) is 5.93. The van der Waals surface area contributed by atoms with Crippen LogP contribution in [0.15, 0.2) is 54.6 Å². The van der Waals surface area contributed by atoms with Crippen molar-refractivity contribution in [1.29, 1.82) is 0 Å². The fourth-order valence-corrected chi connectivity index (χ4v) is 2.66. The second-order valence-corrected chi connectivity index (χ2v) is 5.93. The van der Waals surface area contributed by atoms with Gasteiger partial charge in [0.2, 0.25) is 5.91 Å². The van der Waals surface area contributed by atoms with Crippen molar-refractivity contribution in [3.05, 3.63) is 60.2 Å². The number of benzene rings is 2. The Morgan fingerprint density at radius 3 is 2.38 bits per heavy atom. The van der Waals surface area contributed by atoms with E-state index in [4.69, 9.17) is 4.74 Å². The molecule has 0 aromatic heterocycles. The van der Waals surface area contributed by atoms with E-state index in [1.165, 1.54) is 6.08 Å². The molecule has 0 aliphatic rings. The van der Waals surface area contributed by atoms with Crippen molar-refractivity contribution in [3.8, 4) is 5.75 Å². The molecule has 2 aromatic carbocycles. The van der Waals surface area contributed by atoms with Gasteiger partial charge in [0.05, 0.1) is 6.61 Å². The molecule has 0 radical (unpaired) electrons. The Kier molecular flexibility index (Phi) is 7.75. The van der Waals surface area contributed by atoms with E-state index in [1.54, 1.807) is 6.08 Å². The van der Waals surface area contributed by atoms with E-state index < -0.39 is 0 Å². The van der Waals surface area contributed by atoms with Crippen LogP contribution in [0, 0.1) is 0 Å². The lowest BCUT2D eigenvalue weighted by atomic mass is 10.2. The predicted octanol–water partition coefficient (Wildman–Crippen LogP) is 4.97. The van der Waals surface area contributed by atoms with Crippen molar-refractivity contribution in [2.24, 2.45) is 0 Å². The van der Waals surface area contributed by atoms with Crippen LogP contribution in [-0.4, -0.2) is 25.6 Å². The average Bonchev–Trinajstić information content (AvgIpc) is 2.67. The SMILES string of the molecule is CCCOc1ccccc1/C=C/C(=O)Nc1ccc(N(CC)CC)cc1. The van der Waals surface area contributed by atoms with E-state index in [2.05, 4.69) is 31.0 Å². The molecule has 0 fully saturated rings. The van der Waals surface area contributed by atoms with Gasteiger partial charge in [-0.1, -0.05) is 25.1 Å². The molecule has 0 saturated carbocycles. The first-order chi connectivity index (χ1) is 12.7. The van der Waals surface area contributed by atoms with Crippen LogP contribution in [0.5, 0.6) is 5.75 Å². The minimum Gasteiger partial charge on any atom is -0.493 e. The molecule has 26 heavy (non-hydrogen) atoms. The number of hydrogen-bond acceptors (Lipinski definition) is 3. The maximum atomic E-state index is 12.2. The minimum atomic E-state index is -0.161. The highest BCUT2D eigenvalue weighted by molar-refractivity contribution is 6.02. The smallest absolute Gasteiger partial charge is 0.248 e. The highest BCUT2D eigenvalue weighted by atomic mass is 16.5. The van der Waals surface area contributed by atoms with Crippen molar-refractivity contribution in [1.82, 2.24) is 0 Å². The molecule has 0 aliphatic carbocycles. The molecule has 4 heteroatoms. The van der Waals surface area contributed by atoms with Gasteiger partial charge in [0.15, 0.2) is 0 Å². The minimum absolute atomic E-state index is 0.161. The van der Waals surface area contributed by atoms with Crippen LogP contribution in [0.25, 0.3) is 6.08 Å². The van der Waals surface area contributed by atoms with Gasteiger partial charge in [0, 0.05) is 36.1 Å². The van der Waals surface area contributed by atoms with Gasteiger partial charge in [-0.3, -0.25) is 4.79 Å². The highest BCUT2D eigenvalue weighted by Gasteiger charge is 2.04. The van der Waals surface area contributed by atoms with Crippen molar-refractivity contribution in [3.63, 3.8) is 0 Å². The van der Waals surface area contributed by atoms with Gasteiger partial charge >= 0.3 is 0 Å². The molecular formula is C22H28N2O2. The summed E-state index contributed by atoms with van der Waals surface area (Å²) in [5, 5.41) is 2.89. The van der Waals surface area contributed by atoms with Gasteiger partial charge in [-0.25, -0.2) is 0 Å². The maximum absolute atomic E-state index is 12.2. The van der Waals surface area contributed by atoms with Gasteiger partial charge in [0.25, 0.3) is 0 Å².